The molecule has 7 heteroatoms. The lowest BCUT2D eigenvalue weighted by Gasteiger charge is -2.11. The molecule has 21 heavy (non-hydrogen) atoms. The number of carbonyl (C=O) groups is 1. The second-order valence-electron chi connectivity index (χ2n) is 4.82. The molecule has 1 saturated heterocycles. The smallest absolute Gasteiger partial charge is 0.247 e. The summed E-state index contributed by atoms with van der Waals surface area (Å²) in [6.07, 6.45) is 0. The molecule has 1 aliphatic rings. The fourth-order valence-corrected chi connectivity index (χ4v) is 3.38. The number of aryl methyl sites for hydroxylation is 1. The lowest BCUT2D eigenvalue weighted by molar-refractivity contribution is -0.126. The molecule has 0 radical (unpaired) electrons. The van der Waals surface area contributed by atoms with Gasteiger partial charge in [0, 0.05) is 5.56 Å². The summed E-state index contributed by atoms with van der Waals surface area (Å²) in [4.78, 5) is 13.5. The van der Waals surface area contributed by atoms with Crippen LogP contribution in [-0.2, 0) is 11.3 Å². The normalized spacial score (nSPS) is 18.6. The zero-order valence-electron chi connectivity index (χ0n) is 11.6. The van der Waals surface area contributed by atoms with E-state index in [1.807, 2.05) is 38.1 Å². The van der Waals surface area contributed by atoms with Crippen molar-refractivity contribution >= 4 is 34.2 Å². The zero-order chi connectivity index (χ0) is 15.0. The van der Waals surface area contributed by atoms with E-state index in [4.69, 9.17) is 16.6 Å². The summed E-state index contributed by atoms with van der Waals surface area (Å²) in [7, 11) is 0. The monoisotopic (exact) mass is 319 g/mol. The van der Waals surface area contributed by atoms with Gasteiger partial charge in [-0.1, -0.05) is 41.7 Å². The first kappa shape index (κ1) is 14.2. The van der Waals surface area contributed by atoms with Crippen LogP contribution < -0.4 is 0 Å². The van der Waals surface area contributed by atoms with Gasteiger partial charge in [0.05, 0.1) is 5.25 Å². The van der Waals surface area contributed by atoms with Gasteiger partial charge >= 0.3 is 0 Å². The van der Waals surface area contributed by atoms with E-state index in [0.717, 1.165) is 11.1 Å². The Morgan fingerprint density at radius 1 is 1.33 bits per heavy atom. The molecule has 0 N–H and O–H groups in total. The number of rotatable bonds is 3. The average Bonchev–Trinajstić information content (AvgIpc) is 3.01. The molecule has 108 valence electrons. The van der Waals surface area contributed by atoms with Crippen molar-refractivity contribution in [1.82, 2.24) is 15.1 Å². The third-order valence-corrected chi connectivity index (χ3v) is 4.66. The predicted molar refractivity (Wildman–Crippen MR) is 84.7 cm³/mol. The second-order valence-corrected chi connectivity index (χ2v) is 6.79. The molecule has 0 spiro atoms. The van der Waals surface area contributed by atoms with Crippen molar-refractivity contribution < 1.29 is 9.21 Å². The Balaban J connectivity index is 1.78. The van der Waals surface area contributed by atoms with E-state index >= 15 is 0 Å². The maximum absolute atomic E-state index is 12.0. The SMILES string of the molecule is Cc1ccc(-c2nnc(CN3C(=O)C(C)SC3=S)o2)cc1. The number of nitrogens with zero attached hydrogens (tertiary/aromatic N) is 3. The highest BCUT2D eigenvalue weighted by Gasteiger charge is 2.34. The van der Waals surface area contributed by atoms with Gasteiger partial charge in [0.1, 0.15) is 10.9 Å². The molecule has 0 aliphatic carbocycles. The second kappa shape index (κ2) is 5.57. The first-order valence-electron chi connectivity index (χ1n) is 6.46. The van der Waals surface area contributed by atoms with Crippen LogP contribution in [-0.4, -0.2) is 30.6 Å². The van der Waals surface area contributed by atoms with E-state index in [2.05, 4.69) is 10.2 Å². The Morgan fingerprint density at radius 2 is 2.05 bits per heavy atom. The fourth-order valence-electron chi connectivity index (χ4n) is 1.98. The molecule has 1 fully saturated rings. The lowest BCUT2D eigenvalue weighted by atomic mass is 10.1. The van der Waals surface area contributed by atoms with Crippen LogP contribution >= 0.6 is 24.0 Å². The summed E-state index contributed by atoms with van der Waals surface area (Å²) in [5.41, 5.74) is 2.02. The van der Waals surface area contributed by atoms with Crippen LogP contribution in [0.2, 0.25) is 0 Å². The van der Waals surface area contributed by atoms with Gasteiger partial charge in [-0.05, 0) is 26.0 Å². The minimum atomic E-state index is -0.142. The van der Waals surface area contributed by atoms with Gasteiger partial charge in [-0.25, -0.2) is 0 Å². The van der Waals surface area contributed by atoms with Gasteiger partial charge in [-0.3, -0.25) is 9.69 Å². The molecule has 1 aromatic heterocycles. The third kappa shape index (κ3) is 2.84. The summed E-state index contributed by atoms with van der Waals surface area (Å²) in [5, 5.41) is 7.87. The molecule has 2 aromatic rings. The first-order valence-corrected chi connectivity index (χ1v) is 7.75. The fraction of sp³-hybridized carbons (Fsp3) is 0.286. The molecule has 0 saturated carbocycles. The highest BCUT2D eigenvalue weighted by atomic mass is 32.2. The lowest BCUT2D eigenvalue weighted by Crippen LogP contribution is -2.30. The highest BCUT2D eigenvalue weighted by Crippen LogP contribution is 2.28. The predicted octanol–water partition coefficient (Wildman–Crippen LogP) is 2.79. The van der Waals surface area contributed by atoms with Crippen molar-refractivity contribution in [3.05, 3.63) is 35.7 Å². The van der Waals surface area contributed by atoms with Crippen molar-refractivity contribution in [2.45, 2.75) is 25.6 Å². The minimum Gasteiger partial charge on any atom is -0.419 e. The standard InChI is InChI=1S/C14H13N3O2S2/c1-8-3-5-10(6-4-8)12-16-15-11(19-12)7-17-13(18)9(2)21-14(17)20/h3-6,9H,7H2,1-2H3. The molecule has 1 amide bonds. The van der Waals surface area contributed by atoms with E-state index in [1.54, 1.807) is 0 Å². The number of amides is 1. The minimum absolute atomic E-state index is 0.0138. The number of hydrogen-bond acceptors (Lipinski definition) is 6. The summed E-state index contributed by atoms with van der Waals surface area (Å²) in [5.74, 6) is 0.819. The molecule has 2 heterocycles. The number of aromatic nitrogens is 2. The maximum Gasteiger partial charge on any atom is 0.247 e. The largest absolute Gasteiger partial charge is 0.419 e. The summed E-state index contributed by atoms with van der Waals surface area (Å²) >= 11 is 6.57. The van der Waals surface area contributed by atoms with Gasteiger partial charge in [-0.2, -0.15) is 0 Å². The van der Waals surface area contributed by atoms with Crippen molar-refractivity contribution in [3.63, 3.8) is 0 Å². The Hall–Kier alpha value is -1.73. The Bertz CT molecular complexity index is 696. The van der Waals surface area contributed by atoms with E-state index in [9.17, 15) is 4.79 Å². The van der Waals surface area contributed by atoms with Gasteiger partial charge in [0.25, 0.3) is 0 Å². The molecule has 1 unspecified atom stereocenters. The zero-order valence-corrected chi connectivity index (χ0v) is 13.2. The van der Waals surface area contributed by atoms with Crippen molar-refractivity contribution in [2.75, 3.05) is 0 Å². The third-order valence-electron chi connectivity index (χ3n) is 3.17. The molecule has 1 aromatic carbocycles. The van der Waals surface area contributed by atoms with Crippen LogP contribution in [0.3, 0.4) is 0 Å². The van der Waals surface area contributed by atoms with Crippen LogP contribution in [0.1, 0.15) is 18.4 Å². The van der Waals surface area contributed by atoms with Crippen molar-refractivity contribution in [1.29, 1.82) is 0 Å². The van der Waals surface area contributed by atoms with Crippen LogP contribution in [0.5, 0.6) is 0 Å². The van der Waals surface area contributed by atoms with E-state index in [1.165, 1.54) is 16.7 Å². The van der Waals surface area contributed by atoms with Crippen molar-refractivity contribution in [3.8, 4) is 11.5 Å². The quantitative estimate of drug-likeness (QED) is 0.811. The number of carbonyl (C=O) groups excluding carboxylic acids is 1. The van der Waals surface area contributed by atoms with Crippen LogP contribution in [0.25, 0.3) is 11.5 Å². The number of hydrogen-bond donors (Lipinski definition) is 0. The number of thioether (sulfide) groups is 1. The van der Waals surface area contributed by atoms with Gasteiger partial charge < -0.3 is 4.42 Å². The average molecular weight is 319 g/mol. The molecule has 3 rings (SSSR count). The summed E-state index contributed by atoms with van der Waals surface area (Å²) in [6, 6.07) is 7.82. The van der Waals surface area contributed by atoms with Crippen molar-refractivity contribution in [2.24, 2.45) is 0 Å². The van der Waals surface area contributed by atoms with E-state index < -0.39 is 0 Å². The van der Waals surface area contributed by atoms with Crippen LogP contribution in [0, 0.1) is 6.92 Å². The Labute approximate surface area is 131 Å². The van der Waals surface area contributed by atoms with Gasteiger partial charge in [-0.15, -0.1) is 10.2 Å². The van der Waals surface area contributed by atoms with Crippen LogP contribution in [0.4, 0.5) is 0 Å². The number of thiocarbonyl (C=S) groups is 1. The van der Waals surface area contributed by atoms with Gasteiger partial charge in [0.2, 0.25) is 17.7 Å². The highest BCUT2D eigenvalue weighted by molar-refractivity contribution is 8.24. The van der Waals surface area contributed by atoms with E-state index in [-0.39, 0.29) is 17.7 Å². The maximum atomic E-state index is 12.0. The molecule has 5 nitrogen and oxygen atoms in total. The molecule has 1 atom stereocenters. The Kier molecular flexibility index (Phi) is 3.77. The number of benzene rings is 1. The van der Waals surface area contributed by atoms with E-state index in [0.29, 0.717) is 16.1 Å². The van der Waals surface area contributed by atoms with Crippen LogP contribution in [0.15, 0.2) is 28.7 Å². The molecular weight excluding hydrogens is 306 g/mol. The summed E-state index contributed by atoms with van der Waals surface area (Å²) in [6.45, 7) is 4.08. The topological polar surface area (TPSA) is 59.2 Å². The molecular formula is C14H13N3O2S2. The van der Waals surface area contributed by atoms with Gasteiger partial charge in [0.15, 0.2) is 0 Å². The first-order chi connectivity index (χ1) is 10.0. The Morgan fingerprint density at radius 3 is 2.67 bits per heavy atom. The molecule has 0 bridgehead atoms. The molecule has 1 aliphatic heterocycles. The summed E-state index contributed by atoms with van der Waals surface area (Å²) < 4.78 is 6.18.